The first-order valence-electron chi connectivity index (χ1n) is 13.3. The van der Waals surface area contributed by atoms with E-state index in [-0.39, 0.29) is 0 Å². The number of hydrogen-bond donors (Lipinski definition) is 0. The first-order chi connectivity index (χ1) is 17.6. The highest BCUT2D eigenvalue weighted by Crippen LogP contribution is 2.35. The molecule has 4 heterocycles. The van der Waals surface area contributed by atoms with Crippen LogP contribution in [0.25, 0.3) is 10.9 Å². The number of hydrogen-bond acceptors (Lipinski definition) is 4. The molecule has 2 aliphatic heterocycles. The molecule has 2 aromatic heterocycles. The van der Waals surface area contributed by atoms with Gasteiger partial charge in [-0.05, 0) is 55.6 Å². The molecule has 0 spiro atoms. The number of pyridine rings is 1. The van der Waals surface area contributed by atoms with Crippen molar-refractivity contribution in [1.29, 1.82) is 0 Å². The Hall–Kier alpha value is -3.15. The Morgan fingerprint density at radius 2 is 1.53 bits per heavy atom. The third kappa shape index (κ3) is 4.42. The van der Waals surface area contributed by atoms with Crippen LogP contribution in [0.15, 0.2) is 60.7 Å². The molecule has 5 heteroatoms. The van der Waals surface area contributed by atoms with E-state index in [4.69, 9.17) is 4.98 Å². The molecule has 0 amide bonds. The third-order valence-electron chi connectivity index (χ3n) is 8.24. The largest absolute Gasteiger partial charge is 0.350 e. The molecule has 186 valence electrons. The highest BCUT2D eigenvalue weighted by molar-refractivity contribution is 5.94. The maximum Gasteiger partial charge on any atom is 0.153 e. The number of aryl methyl sites for hydroxylation is 1. The van der Waals surface area contributed by atoms with Crippen molar-refractivity contribution in [3.63, 3.8) is 0 Å². The van der Waals surface area contributed by atoms with E-state index in [1.807, 2.05) is 0 Å². The van der Waals surface area contributed by atoms with Crippen LogP contribution in [0.2, 0.25) is 0 Å². The van der Waals surface area contributed by atoms with Crippen molar-refractivity contribution in [3.8, 4) is 0 Å². The van der Waals surface area contributed by atoms with Crippen LogP contribution in [-0.4, -0.2) is 59.1 Å². The lowest BCUT2D eigenvalue weighted by Crippen LogP contribution is -2.44. The molecule has 0 atom stereocenters. The molecule has 5 nitrogen and oxygen atoms in total. The number of fused-ring (bicyclic) bond motifs is 2. The molecule has 0 radical (unpaired) electrons. The molecule has 2 aromatic carbocycles. The van der Waals surface area contributed by atoms with Crippen LogP contribution in [0, 0.1) is 13.8 Å². The Morgan fingerprint density at radius 3 is 2.31 bits per heavy atom. The monoisotopic (exact) mass is 479 g/mol. The van der Waals surface area contributed by atoms with E-state index in [0.29, 0.717) is 0 Å². The van der Waals surface area contributed by atoms with Crippen LogP contribution in [0.4, 0.5) is 5.82 Å². The Morgan fingerprint density at radius 1 is 0.806 bits per heavy atom. The van der Waals surface area contributed by atoms with Gasteiger partial charge in [0.25, 0.3) is 0 Å². The van der Waals surface area contributed by atoms with Crippen molar-refractivity contribution in [1.82, 2.24) is 19.4 Å². The third-order valence-corrected chi connectivity index (χ3v) is 8.24. The Bertz CT molecular complexity index is 1360. The van der Waals surface area contributed by atoms with Gasteiger partial charge in [-0.2, -0.15) is 0 Å². The highest BCUT2D eigenvalue weighted by atomic mass is 15.3. The fourth-order valence-electron chi connectivity index (χ4n) is 5.87. The molecule has 2 aliphatic rings. The van der Waals surface area contributed by atoms with Crippen molar-refractivity contribution in [2.24, 2.45) is 0 Å². The number of nitrogens with zero attached hydrogens (tertiary/aromatic N) is 5. The smallest absolute Gasteiger partial charge is 0.153 e. The van der Waals surface area contributed by atoms with E-state index in [1.165, 1.54) is 44.5 Å². The maximum absolute atomic E-state index is 5.42. The summed E-state index contributed by atoms with van der Waals surface area (Å²) in [6, 6.07) is 22.1. The van der Waals surface area contributed by atoms with Gasteiger partial charge in [-0.1, -0.05) is 54.6 Å². The number of likely N-dealkylation sites (N-methyl/N-ethyl adjacent to an activating group) is 1. The molecule has 0 aliphatic carbocycles. The van der Waals surface area contributed by atoms with Crippen LogP contribution >= 0.6 is 0 Å². The maximum atomic E-state index is 5.42. The Kier molecular flexibility index (Phi) is 6.28. The normalized spacial score (nSPS) is 17.0. The standard InChI is InChI=1S/C31H37N5/c1-23-24(2)36(20-25-9-5-4-6-10-25)30-29(23)19-28(22-34-17-15-33(3)16-18-34)32-31(30)35-14-13-26-11-7-8-12-27(26)21-35/h4-12,19H,13-18,20-22H2,1-3H3. The first-order valence-corrected chi connectivity index (χ1v) is 13.3. The van der Waals surface area contributed by atoms with Crippen molar-refractivity contribution in [3.05, 3.63) is 94.3 Å². The molecule has 36 heavy (non-hydrogen) atoms. The molecule has 1 fully saturated rings. The summed E-state index contributed by atoms with van der Waals surface area (Å²) >= 11 is 0. The topological polar surface area (TPSA) is 27.5 Å². The molecular formula is C31H37N5. The summed E-state index contributed by atoms with van der Waals surface area (Å²) in [5, 5.41) is 1.36. The van der Waals surface area contributed by atoms with Gasteiger partial charge in [0.15, 0.2) is 5.82 Å². The summed E-state index contributed by atoms with van der Waals surface area (Å²) in [6.07, 6.45) is 1.07. The lowest BCUT2D eigenvalue weighted by Gasteiger charge is -2.33. The van der Waals surface area contributed by atoms with Gasteiger partial charge in [0.05, 0.1) is 11.2 Å². The van der Waals surface area contributed by atoms with Gasteiger partial charge in [0.1, 0.15) is 0 Å². The van der Waals surface area contributed by atoms with E-state index >= 15 is 0 Å². The van der Waals surface area contributed by atoms with Crippen LogP contribution in [0.5, 0.6) is 0 Å². The lowest BCUT2D eigenvalue weighted by atomic mass is 10.00. The van der Waals surface area contributed by atoms with E-state index < -0.39 is 0 Å². The van der Waals surface area contributed by atoms with E-state index in [0.717, 1.165) is 64.6 Å². The number of aromatic nitrogens is 2. The average molecular weight is 480 g/mol. The fraction of sp³-hybridized carbons (Fsp3) is 0.387. The second-order valence-electron chi connectivity index (χ2n) is 10.6. The Balaban J connectivity index is 1.45. The van der Waals surface area contributed by atoms with E-state index in [2.05, 4.69) is 101 Å². The predicted molar refractivity (Wildman–Crippen MR) is 149 cm³/mol. The molecule has 0 unspecified atom stereocenters. The number of anilines is 1. The average Bonchev–Trinajstić information content (AvgIpc) is 3.14. The van der Waals surface area contributed by atoms with Crippen molar-refractivity contribution in [2.45, 2.75) is 39.9 Å². The second-order valence-corrected chi connectivity index (χ2v) is 10.6. The van der Waals surface area contributed by atoms with Gasteiger partial charge in [-0.3, -0.25) is 4.90 Å². The van der Waals surface area contributed by atoms with Gasteiger partial charge in [0.2, 0.25) is 0 Å². The second kappa shape index (κ2) is 9.72. The molecule has 0 N–H and O–H groups in total. The minimum Gasteiger partial charge on any atom is -0.350 e. The quantitative estimate of drug-likeness (QED) is 0.402. The van der Waals surface area contributed by atoms with Crippen molar-refractivity contribution >= 4 is 16.7 Å². The number of piperazine rings is 1. The van der Waals surface area contributed by atoms with Crippen LogP contribution in [-0.2, 0) is 26.1 Å². The zero-order valence-electron chi connectivity index (χ0n) is 21.9. The van der Waals surface area contributed by atoms with E-state index in [9.17, 15) is 0 Å². The predicted octanol–water partition coefficient (Wildman–Crippen LogP) is 5.01. The molecule has 0 saturated carbocycles. The minimum atomic E-state index is 0.869. The van der Waals surface area contributed by atoms with Gasteiger partial charge in [-0.25, -0.2) is 4.98 Å². The summed E-state index contributed by atoms with van der Waals surface area (Å²) in [5.41, 5.74) is 9.43. The van der Waals surface area contributed by atoms with Crippen LogP contribution < -0.4 is 4.90 Å². The summed E-state index contributed by atoms with van der Waals surface area (Å²) < 4.78 is 2.50. The fourth-order valence-corrected chi connectivity index (χ4v) is 5.87. The summed E-state index contributed by atoms with van der Waals surface area (Å²) in [4.78, 5) is 12.9. The minimum absolute atomic E-state index is 0.869. The zero-order chi connectivity index (χ0) is 24.6. The van der Waals surface area contributed by atoms with Gasteiger partial charge in [-0.15, -0.1) is 0 Å². The molecular weight excluding hydrogens is 442 g/mol. The zero-order valence-corrected chi connectivity index (χ0v) is 21.9. The number of rotatable bonds is 5. The van der Waals surface area contributed by atoms with Gasteiger partial charge < -0.3 is 14.4 Å². The summed E-state index contributed by atoms with van der Waals surface area (Å²) in [6.45, 7) is 12.7. The van der Waals surface area contributed by atoms with E-state index in [1.54, 1.807) is 0 Å². The van der Waals surface area contributed by atoms with Crippen LogP contribution in [0.1, 0.15) is 33.6 Å². The van der Waals surface area contributed by atoms with Gasteiger partial charge in [0, 0.05) is 63.4 Å². The van der Waals surface area contributed by atoms with Crippen LogP contribution in [0.3, 0.4) is 0 Å². The highest BCUT2D eigenvalue weighted by Gasteiger charge is 2.25. The molecule has 4 aromatic rings. The summed E-state index contributed by atoms with van der Waals surface area (Å²) in [5.74, 6) is 1.15. The SMILES string of the molecule is Cc1c(C)n(Cc2ccccc2)c2c(N3CCc4ccccc4C3)nc(CN3CCN(C)CC3)cc12. The molecule has 6 rings (SSSR count). The van der Waals surface area contributed by atoms with Gasteiger partial charge >= 0.3 is 0 Å². The Labute approximate surface area is 215 Å². The van der Waals surface area contributed by atoms with Crippen molar-refractivity contribution in [2.75, 3.05) is 44.7 Å². The lowest BCUT2D eigenvalue weighted by molar-refractivity contribution is 0.147. The molecule has 0 bridgehead atoms. The number of benzene rings is 2. The molecule has 1 saturated heterocycles. The first kappa shape index (κ1) is 23.3. The summed E-state index contributed by atoms with van der Waals surface area (Å²) in [7, 11) is 2.22. The van der Waals surface area contributed by atoms with Crippen molar-refractivity contribution < 1.29 is 0 Å².